The van der Waals surface area contributed by atoms with Crippen molar-refractivity contribution in [2.45, 2.75) is 37.7 Å². The van der Waals surface area contributed by atoms with Gasteiger partial charge in [-0.1, -0.05) is 18.2 Å². The van der Waals surface area contributed by atoms with Gasteiger partial charge in [-0.25, -0.2) is 0 Å². The molecule has 0 amide bonds. The van der Waals surface area contributed by atoms with E-state index < -0.39 is 0 Å². The average molecular weight is 241 g/mol. The smallest absolute Gasteiger partial charge is 0.0991 e. The zero-order valence-corrected chi connectivity index (χ0v) is 10.6. The van der Waals surface area contributed by atoms with Crippen LogP contribution in [-0.4, -0.2) is 12.7 Å². The summed E-state index contributed by atoms with van der Waals surface area (Å²) in [6, 6.07) is 10.2. The van der Waals surface area contributed by atoms with Crippen molar-refractivity contribution in [3.05, 3.63) is 48.0 Å². The molecule has 2 heteroatoms. The highest BCUT2D eigenvalue weighted by Crippen LogP contribution is 2.34. The molecule has 1 aromatic carbocycles. The average Bonchev–Trinajstić information content (AvgIpc) is 2.46. The summed E-state index contributed by atoms with van der Waals surface area (Å²) in [5.41, 5.74) is 2.10. The van der Waals surface area contributed by atoms with Gasteiger partial charge >= 0.3 is 0 Å². The molecule has 1 fully saturated rings. The molecule has 0 saturated heterocycles. The first-order valence-electron chi connectivity index (χ1n) is 6.56. The highest BCUT2D eigenvalue weighted by atomic mass is 16.5. The van der Waals surface area contributed by atoms with Gasteiger partial charge in [0.25, 0.3) is 0 Å². The van der Waals surface area contributed by atoms with E-state index in [2.05, 4.69) is 24.8 Å². The van der Waals surface area contributed by atoms with Crippen LogP contribution in [0.2, 0.25) is 0 Å². The minimum atomic E-state index is 0.401. The molecule has 1 aliphatic rings. The lowest BCUT2D eigenvalue weighted by Gasteiger charge is -2.28. The highest BCUT2D eigenvalue weighted by molar-refractivity contribution is 5.33. The molecule has 1 saturated carbocycles. The van der Waals surface area contributed by atoms with Gasteiger partial charge in [-0.2, -0.15) is 5.26 Å². The predicted octanol–water partition coefficient (Wildman–Crippen LogP) is 3.79. The van der Waals surface area contributed by atoms with Crippen LogP contribution >= 0.6 is 0 Å². The van der Waals surface area contributed by atoms with E-state index in [1.54, 1.807) is 0 Å². The normalized spacial score (nSPS) is 23.3. The molecule has 1 aromatic rings. The van der Waals surface area contributed by atoms with Crippen molar-refractivity contribution in [1.29, 1.82) is 5.26 Å². The number of hydrogen-bond donors (Lipinski definition) is 0. The summed E-state index contributed by atoms with van der Waals surface area (Å²) >= 11 is 0. The highest BCUT2D eigenvalue weighted by Gasteiger charge is 2.22. The molecule has 0 unspecified atom stereocenters. The Morgan fingerprint density at radius 3 is 2.44 bits per heavy atom. The fraction of sp³-hybridized carbons (Fsp3) is 0.438. The van der Waals surface area contributed by atoms with Crippen molar-refractivity contribution in [2.75, 3.05) is 6.61 Å². The van der Waals surface area contributed by atoms with Crippen LogP contribution < -0.4 is 0 Å². The van der Waals surface area contributed by atoms with Crippen molar-refractivity contribution >= 4 is 0 Å². The van der Waals surface area contributed by atoms with Crippen LogP contribution in [0.5, 0.6) is 0 Å². The Morgan fingerprint density at radius 2 is 1.89 bits per heavy atom. The second-order valence-corrected chi connectivity index (χ2v) is 4.83. The lowest BCUT2D eigenvalue weighted by atomic mass is 9.82. The van der Waals surface area contributed by atoms with Crippen molar-refractivity contribution in [2.24, 2.45) is 0 Å². The molecule has 94 valence electrons. The number of benzene rings is 1. The van der Waals surface area contributed by atoms with Gasteiger partial charge in [0.05, 0.1) is 24.3 Å². The van der Waals surface area contributed by atoms with Gasteiger partial charge in [-0.3, -0.25) is 0 Å². The summed E-state index contributed by atoms with van der Waals surface area (Å²) < 4.78 is 5.69. The molecule has 2 nitrogen and oxygen atoms in total. The van der Waals surface area contributed by atoms with Crippen LogP contribution in [0, 0.1) is 11.3 Å². The van der Waals surface area contributed by atoms with E-state index in [-0.39, 0.29) is 0 Å². The molecule has 0 aromatic heterocycles. The van der Waals surface area contributed by atoms with Gasteiger partial charge in [0, 0.05) is 0 Å². The van der Waals surface area contributed by atoms with Crippen molar-refractivity contribution in [1.82, 2.24) is 0 Å². The Kier molecular flexibility index (Phi) is 4.55. The molecule has 0 bridgehead atoms. The van der Waals surface area contributed by atoms with Crippen molar-refractivity contribution in [3.63, 3.8) is 0 Å². The SMILES string of the molecule is C=CCO[C@H]1CC[C@H](c2ccc(C#N)cc2)CC1. The first-order valence-corrected chi connectivity index (χ1v) is 6.56. The molecule has 0 spiro atoms. The topological polar surface area (TPSA) is 33.0 Å². The largest absolute Gasteiger partial charge is 0.374 e. The minimum Gasteiger partial charge on any atom is -0.374 e. The molecule has 1 aliphatic carbocycles. The lowest BCUT2D eigenvalue weighted by molar-refractivity contribution is 0.0424. The van der Waals surface area contributed by atoms with Crippen molar-refractivity contribution in [3.8, 4) is 6.07 Å². The molecule has 0 radical (unpaired) electrons. The maximum Gasteiger partial charge on any atom is 0.0991 e. The number of nitriles is 1. The third-order valence-corrected chi connectivity index (χ3v) is 3.64. The van der Waals surface area contributed by atoms with Gasteiger partial charge in [-0.15, -0.1) is 6.58 Å². The predicted molar refractivity (Wildman–Crippen MR) is 72.3 cm³/mol. The Balaban J connectivity index is 1.88. The quantitative estimate of drug-likeness (QED) is 0.751. The second kappa shape index (κ2) is 6.37. The Hall–Kier alpha value is -1.59. The van der Waals surface area contributed by atoms with Crippen LogP contribution in [0.15, 0.2) is 36.9 Å². The maximum atomic E-state index is 8.78. The Labute approximate surface area is 109 Å². The minimum absolute atomic E-state index is 0.401. The van der Waals surface area contributed by atoms with Gasteiger partial charge in [-0.05, 0) is 49.3 Å². The van der Waals surface area contributed by atoms with Crippen LogP contribution in [0.3, 0.4) is 0 Å². The third-order valence-electron chi connectivity index (χ3n) is 3.64. The van der Waals surface area contributed by atoms with E-state index >= 15 is 0 Å². The molecule has 0 atom stereocenters. The van der Waals surface area contributed by atoms with Crippen LogP contribution in [0.1, 0.15) is 42.7 Å². The first-order chi connectivity index (χ1) is 8.83. The number of hydrogen-bond acceptors (Lipinski definition) is 2. The van der Waals surface area contributed by atoms with Gasteiger partial charge in [0.15, 0.2) is 0 Å². The van der Waals surface area contributed by atoms with E-state index in [0.29, 0.717) is 18.6 Å². The fourth-order valence-electron chi connectivity index (χ4n) is 2.60. The molecule has 0 aliphatic heterocycles. The summed E-state index contributed by atoms with van der Waals surface area (Å²) in [5, 5.41) is 8.78. The maximum absolute atomic E-state index is 8.78. The first kappa shape index (κ1) is 12.9. The van der Waals surface area contributed by atoms with E-state index in [1.807, 2.05) is 18.2 Å². The monoisotopic (exact) mass is 241 g/mol. The zero-order valence-electron chi connectivity index (χ0n) is 10.6. The molecular weight excluding hydrogens is 222 g/mol. The Morgan fingerprint density at radius 1 is 1.22 bits per heavy atom. The van der Waals surface area contributed by atoms with Gasteiger partial charge < -0.3 is 4.74 Å². The summed E-state index contributed by atoms with van der Waals surface area (Å²) in [7, 11) is 0. The van der Waals surface area contributed by atoms with E-state index in [0.717, 1.165) is 18.4 Å². The standard InChI is InChI=1S/C16H19NO/c1-2-11-18-16-9-7-15(8-10-16)14-5-3-13(12-17)4-6-14/h2-6,15-16H,1,7-11H2/t15-,16-. The summed E-state index contributed by atoms with van der Waals surface area (Å²) in [6.45, 7) is 4.33. The van der Waals surface area contributed by atoms with Crippen LogP contribution in [-0.2, 0) is 4.74 Å². The molecule has 0 N–H and O–H groups in total. The second-order valence-electron chi connectivity index (χ2n) is 4.83. The van der Waals surface area contributed by atoms with Crippen LogP contribution in [0.25, 0.3) is 0 Å². The van der Waals surface area contributed by atoms with E-state index in [4.69, 9.17) is 10.00 Å². The lowest BCUT2D eigenvalue weighted by Crippen LogP contribution is -2.20. The summed E-state index contributed by atoms with van der Waals surface area (Å²) in [6.07, 6.45) is 6.81. The molecule has 0 heterocycles. The third kappa shape index (κ3) is 3.21. The number of rotatable bonds is 4. The zero-order chi connectivity index (χ0) is 12.8. The van der Waals surface area contributed by atoms with E-state index in [9.17, 15) is 0 Å². The fourth-order valence-corrected chi connectivity index (χ4v) is 2.60. The molecular formula is C16H19NO. The van der Waals surface area contributed by atoms with Gasteiger partial charge in [0.1, 0.15) is 0 Å². The summed E-state index contributed by atoms with van der Waals surface area (Å²) in [4.78, 5) is 0. The number of nitrogens with zero attached hydrogens (tertiary/aromatic N) is 1. The van der Waals surface area contributed by atoms with Crippen molar-refractivity contribution < 1.29 is 4.74 Å². The summed E-state index contributed by atoms with van der Waals surface area (Å²) in [5.74, 6) is 0.626. The van der Waals surface area contributed by atoms with Gasteiger partial charge in [0.2, 0.25) is 0 Å². The molecule has 2 rings (SSSR count). The number of ether oxygens (including phenoxy) is 1. The van der Waals surface area contributed by atoms with E-state index in [1.165, 1.54) is 18.4 Å². The molecule has 18 heavy (non-hydrogen) atoms. The Bertz CT molecular complexity index is 421. The van der Waals surface area contributed by atoms with Crippen LogP contribution in [0.4, 0.5) is 0 Å².